The van der Waals surface area contributed by atoms with Crippen LogP contribution in [-0.4, -0.2) is 18.9 Å². The Labute approximate surface area is 152 Å². The van der Waals surface area contributed by atoms with Crippen molar-refractivity contribution in [2.75, 3.05) is 7.11 Å². The van der Waals surface area contributed by atoms with E-state index in [4.69, 9.17) is 16.3 Å². The molecule has 0 aliphatic carbocycles. The summed E-state index contributed by atoms with van der Waals surface area (Å²) in [7, 11) is 1.44. The van der Waals surface area contributed by atoms with Crippen LogP contribution in [0, 0.1) is 0 Å². The van der Waals surface area contributed by atoms with Crippen molar-refractivity contribution in [1.29, 1.82) is 0 Å². The van der Waals surface area contributed by atoms with Gasteiger partial charge in [0.05, 0.1) is 21.3 Å². The number of hydrogen-bond donors (Lipinski definition) is 2. The van der Waals surface area contributed by atoms with E-state index in [9.17, 15) is 9.59 Å². The quantitative estimate of drug-likeness (QED) is 0.669. The van der Waals surface area contributed by atoms with Crippen LogP contribution in [0.2, 0.25) is 5.02 Å². The first-order valence-corrected chi connectivity index (χ1v) is 8.59. The molecule has 1 aromatic carbocycles. The van der Waals surface area contributed by atoms with E-state index in [0.29, 0.717) is 15.6 Å². The topological polar surface area (TPSA) is 67.4 Å². The lowest BCUT2D eigenvalue weighted by atomic mass is 10.2. The fourth-order valence-corrected chi connectivity index (χ4v) is 3.66. The molecule has 0 fully saturated rings. The molecule has 2 N–H and O–H groups in total. The maximum atomic E-state index is 12.1. The van der Waals surface area contributed by atoms with E-state index in [0.717, 1.165) is 8.26 Å². The number of nitrogens with one attached hydrogen (secondary N) is 2. The van der Waals surface area contributed by atoms with Crippen LogP contribution in [0.1, 0.15) is 20.0 Å². The van der Waals surface area contributed by atoms with E-state index in [2.05, 4.69) is 42.7 Å². The van der Waals surface area contributed by atoms with Crippen LogP contribution in [0.15, 0.2) is 32.5 Å². The summed E-state index contributed by atoms with van der Waals surface area (Å²) in [6.45, 7) is 0. The molecular formula is C13H9Br2ClN2O3S. The van der Waals surface area contributed by atoms with Crippen LogP contribution >= 0.6 is 54.8 Å². The number of hydrogen-bond acceptors (Lipinski definition) is 4. The molecule has 0 radical (unpaired) electrons. The zero-order valence-electron chi connectivity index (χ0n) is 11.1. The molecule has 2 aromatic rings. The van der Waals surface area contributed by atoms with Gasteiger partial charge in [0.25, 0.3) is 11.8 Å². The number of amides is 2. The Hall–Kier alpha value is -1.09. The van der Waals surface area contributed by atoms with Crippen LogP contribution in [0.25, 0.3) is 0 Å². The molecular weight excluding hydrogens is 459 g/mol. The van der Waals surface area contributed by atoms with Gasteiger partial charge in [0.2, 0.25) is 0 Å². The highest BCUT2D eigenvalue weighted by molar-refractivity contribution is 9.13. The third-order valence-electron chi connectivity index (χ3n) is 2.56. The largest absolute Gasteiger partial charge is 0.496 e. The van der Waals surface area contributed by atoms with Gasteiger partial charge in [-0.2, -0.15) is 0 Å². The molecule has 0 aliphatic rings. The van der Waals surface area contributed by atoms with E-state index < -0.39 is 11.8 Å². The molecule has 2 rings (SSSR count). The third-order valence-corrected chi connectivity index (χ3v) is 6.05. The highest BCUT2D eigenvalue weighted by Crippen LogP contribution is 2.32. The molecule has 0 spiro atoms. The molecule has 0 bridgehead atoms. The molecule has 2 amide bonds. The molecule has 1 heterocycles. The Morgan fingerprint density at radius 3 is 2.45 bits per heavy atom. The van der Waals surface area contributed by atoms with Crippen LogP contribution in [0.4, 0.5) is 0 Å². The zero-order chi connectivity index (χ0) is 16.3. The van der Waals surface area contributed by atoms with Gasteiger partial charge in [-0.1, -0.05) is 11.6 Å². The monoisotopic (exact) mass is 466 g/mol. The van der Waals surface area contributed by atoms with Crippen molar-refractivity contribution in [3.63, 3.8) is 0 Å². The van der Waals surface area contributed by atoms with E-state index in [-0.39, 0.29) is 5.56 Å². The first-order valence-electron chi connectivity index (χ1n) is 5.81. The number of thiophene rings is 1. The van der Waals surface area contributed by atoms with E-state index in [1.54, 1.807) is 18.2 Å². The summed E-state index contributed by atoms with van der Waals surface area (Å²) in [5.74, 6) is -0.592. The third kappa shape index (κ3) is 4.01. The fourth-order valence-electron chi connectivity index (χ4n) is 1.56. The maximum absolute atomic E-state index is 12.1. The Kier molecular flexibility index (Phi) is 5.85. The highest BCUT2D eigenvalue weighted by atomic mass is 79.9. The molecule has 22 heavy (non-hydrogen) atoms. The summed E-state index contributed by atoms with van der Waals surface area (Å²) >= 11 is 13.7. The molecule has 0 atom stereocenters. The fraction of sp³-hybridized carbons (Fsp3) is 0.0769. The molecule has 0 aliphatic heterocycles. The number of ether oxygens (including phenoxy) is 1. The summed E-state index contributed by atoms with van der Waals surface area (Å²) in [4.78, 5) is 24.5. The van der Waals surface area contributed by atoms with Crippen molar-refractivity contribution in [2.45, 2.75) is 0 Å². The van der Waals surface area contributed by atoms with Crippen LogP contribution in [0.5, 0.6) is 5.75 Å². The molecule has 0 unspecified atom stereocenters. The SMILES string of the molecule is COc1ccc(Cl)cc1C(=O)NNC(=O)c1cc(Br)c(Br)s1. The standard InChI is InChI=1S/C13H9Br2ClN2O3S/c1-21-9-3-2-6(16)4-7(9)12(19)17-18-13(20)10-5-8(14)11(15)22-10/h2-5H,1H3,(H,17,19)(H,18,20). The molecule has 5 nitrogen and oxygen atoms in total. The molecule has 0 saturated heterocycles. The summed E-state index contributed by atoms with van der Waals surface area (Å²) in [5.41, 5.74) is 4.89. The molecule has 1 aromatic heterocycles. The molecule has 0 saturated carbocycles. The minimum absolute atomic E-state index is 0.226. The van der Waals surface area contributed by atoms with Gasteiger partial charge in [0, 0.05) is 9.50 Å². The summed E-state index contributed by atoms with van der Waals surface area (Å²) in [6, 6.07) is 6.29. The number of hydrazine groups is 1. The van der Waals surface area contributed by atoms with Gasteiger partial charge in [-0.25, -0.2) is 0 Å². The van der Waals surface area contributed by atoms with E-state index in [1.807, 2.05) is 0 Å². The first kappa shape index (κ1) is 17.3. The Morgan fingerprint density at radius 1 is 1.18 bits per heavy atom. The second kappa shape index (κ2) is 7.45. The first-order chi connectivity index (χ1) is 10.4. The van der Waals surface area contributed by atoms with Crippen LogP contribution in [0.3, 0.4) is 0 Å². The summed E-state index contributed by atoms with van der Waals surface area (Å²) < 4.78 is 6.65. The number of benzene rings is 1. The number of methoxy groups -OCH3 is 1. The van der Waals surface area contributed by atoms with Crippen molar-refractivity contribution in [3.05, 3.63) is 48.0 Å². The van der Waals surface area contributed by atoms with Crippen molar-refractivity contribution in [2.24, 2.45) is 0 Å². The summed E-state index contributed by atoms with van der Waals surface area (Å²) in [5, 5.41) is 0.392. The Bertz CT molecular complexity index is 717. The normalized spacial score (nSPS) is 10.2. The Balaban J connectivity index is 2.07. The van der Waals surface area contributed by atoms with Gasteiger partial charge >= 0.3 is 0 Å². The molecule has 9 heteroatoms. The zero-order valence-corrected chi connectivity index (χ0v) is 15.8. The number of rotatable bonds is 3. The lowest BCUT2D eigenvalue weighted by Crippen LogP contribution is -2.41. The van der Waals surface area contributed by atoms with Gasteiger partial charge in [-0.3, -0.25) is 20.4 Å². The van der Waals surface area contributed by atoms with Crippen molar-refractivity contribution in [1.82, 2.24) is 10.9 Å². The van der Waals surface area contributed by atoms with Crippen molar-refractivity contribution in [3.8, 4) is 5.75 Å². The predicted molar refractivity (Wildman–Crippen MR) is 92.7 cm³/mol. The van der Waals surface area contributed by atoms with Crippen molar-refractivity contribution >= 4 is 66.6 Å². The van der Waals surface area contributed by atoms with Crippen LogP contribution in [-0.2, 0) is 0 Å². The second-order valence-electron chi connectivity index (χ2n) is 3.99. The number of carbonyl (C=O) groups is 2. The Morgan fingerprint density at radius 2 is 1.86 bits per heavy atom. The minimum atomic E-state index is -0.526. The van der Waals surface area contributed by atoms with Gasteiger partial charge in [0.1, 0.15) is 5.75 Å². The summed E-state index contributed by atoms with van der Waals surface area (Å²) in [6.07, 6.45) is 0. The van der Waals surface area contributed by atoms with E-state index in [1.165, 1.54) is 24.5 Å². The predicted octanol–water partition coefficient (Wildman–Crippen LogP) is 4.01. The molecule has 116 valence electrons. The van der Waals surface area contributed by atoms with E-state index >= 15 is 0 Å². The van der Waals surface area contributed by atoms with Gasteiger partial charge in [-0.15, -0.1) is 11.3 Å². The average molecular weight is 469 g/mol. The van der Waals surface area contributed by atoms with Crippen molar-refractivity contribution < 1.29 is 14.3 Å². The number of carbonyl (C=O) groups excluding carboxylic acids is 2. The maximum Gasteiger partial charge on any atom is 0.279 e. The smallest absolute Gasteiger partial charge is 0.279 e. The van der Waals surface area contributed by atoms with Gasteiger partial charge in [-0.05, 0) is 56.1 Å². The lowest BCUT2D eigenvalue weighted by molar-refractivity contribution is 0.0847. The van der Waals surface area contributed by atoms with Gasteiger partial charge in [0.15, 0.2) is 0 Å². The average Bonchev–Trinajstić information content (AvgIpc) is 2.84. The van der Waals surface area contributed by atoms with Gasteiger partial charge < -0.3 is 4.74 Å². The second-order valence-corrected chi connectivity index (χ2v) is 7.65. The lowest BCUT2D eigenvalue weighted by Gasteiger charge is -2.10. The van der Waals surface area contributed by atoms with Crippen LogP contribution < -0.4 is 15.6 Å². The minimum Gasteiger partial charge on any atom is -0.496 e. The number of halogens is 3. The highest BCUT2D eigenvalue weighted by Gasteiger charge is 2.16.